The molecule has 0 bridgehead atoms. The predicted octanol–water partition coefficient (Wildman–Crippen LogP) is 1.79. The van der Waals surface area contributed by atoms with Gasteiger partial charge in [-0.2, -0.15) is 4.36 Å². The normalized spacial score (nSPS) is 23.9. The molecule has 0 spiro atoms. The number of nitrogens with zero attached hydrogens (tertiary/aromatic N) is 3. The minimum atomic E-state index is -2.68. The van der Waals surface area contributed by atoms with Crippen molar-refractivity contribution in [3.63, 3.8) is 0 Å². The number of aromatic nitrogens is 1. The number of carbonyl (C=O) groups excluding carboxylic acids is 2. The standard InChI is InChI=1S/C19H29N3O5S2/c1-15-14-28-18(25)22(15)9-5-16(23)20-29(26)11-4-8-21(10-12-29)17(24)13-19(27-2)6-3-7-19/h14H,3-13H2,1-2H3. The Labute approximate surface area is 175 Å². The highest BCUT2D eigenvalue weighted by atomic mass is 32.2. The van der Waals surface area contributed by atoms with Crippen LogP contribution in [0.15, 0.2) is 14.5 Å². The lowest BCUT2D eigenvalue weighted by atomic mass is 9.77. The largest absolute Gasteiger partial charge is 0.378 e. The van der Waals surface area contributed by atoms with Crippen molar-refractivity contribution in [3.8, 4) is 0 Å². The van der Waals surface area contributed by atoms with Gasteiger partial charge >= 0.3 is 4.87 Å². The van der Waals surface area contributed by atoms with Crippen LogP contribution in [0.3, 0.4) is 0 Å². The van der Waals surface area contributed by atoms with Gasteiger partial charge in [0.15, 0.2) is 0 Å². The monoisotopic (exact) mass is 443 g/mol. The Morgan fingerprint density at radius 3 is 2.62 bits per heavy atom. The molecule has 1 aromatic rings. The number of carbonyl (C=O) groups is 2. The molecule has 2 amide bonds. The average Bonchev–Trinajstić information content (AvgIpc) is 2.84. The van der Waals surface area contributed by atoms with Crippen molar-refractivity contribution < 1.29 is 18.5 Å². The highest BCUT2D eigenvalue weighted by molar-refractivity contribution is 7.93. The van der Waals surface area contributed by atoms with E-state index in [9.17, 15) is 18.6 Å². The number of methoxy groups -OCH3 is 1. The summed E-state index contributed by atoms with van der Waals surface area (Å²) in [5.41, 5.74) is 0.476. The van der Waals surface area contributed by atoms with Crippen molar-refractivity contribution in [2.75, 3.05) is 31.7 Å². The molecule has 1 aliphatic carbocycles. The topological polar surface area (TPSA) is 98.0 Å². The Bertz CT molecular complexity index is 932. The second-order valence-corrected chi connectivity index (χ2v) is 11.2. The Morgan fingerprint density at radius 2 is 2.03 bits per heavy atom. The summed E-state index contributed by atoms with van der Waals surface area (Å²) in [6.07, 6.45) is 3.84. The number of thiazole rings is 1. The smallest absolute Gasteiger partial charge is 0.307 e. The van der Waals surface area contributed by atoms with E-state index in [0.717, 1.165) is 36.3 Å². The molecular formula is C19H29N3O5S2. The summed E-state index contributed by atoms with van der Waals surface area (Å²) < 4.78 is 24.2. The molecule has 10 heteroatoms. The lowest BCUT2D eigenvalue weighted by Crippen LogP contribution is -2.45. The average molecular weight is 444 g/mol. The maximum Gasteiger partial charge on any atom is 0.307 e. The van der Waals surface area contributed by atoms with Crippen LogP contribution in [0.25, 0.3) is 0 Å². The highest BCUT2D eigenvalue weighted by Crippen LogP contribution is 2.38. The predicted molar refractivity (Wildman–Crippen MR) is 113 cm³/mol. The van der Waals surface area contributed by atoms with E-state index < -0.39 is 15.6 Å². The van der Waals surface area contributed by atoms with Crippen molar-refractivity contribution in [1.82, 2.24) is 9.47 Å². The zero-order valence-corrected chi connectivity index (χ0v) is 18.7. The number of aryl methyl sites for hydroxylation is 1. The fourth-order valence-corrected chi connectivity index (χ4v) is 6.51. The molecule has 1 atom stereocenters. The number of rotatable bonds is 6. The Morgan fingerprint density at radius 1 is 1.28 bits per heavy atom. The maximum atomic E-state index is 13.1. The molecule has 29 heavy (non-hydrogen) atoms. The molecule has 1 unspecified atom stereocenters. The quantitative estimate of drug-likeness (QED) is 0.668. The first-order chi connectivity index (χ1) is 13.8. The van der Waals surface area contributed by atoms with E-state index in [1.807, 2.05) is 6.92 Å². The first-order valence-corrected chi connectivity index (χ1v) is 12.7. The van der Waals surface area contributed by atoms with Crippen LogP contribution < -0.4 is 4.87 Å². The van der Waals surface area contributed by atoms with Crippen molar-refractivity contribution in [2.45, 2.75) is 57.6 Å². The second kappa shape index (κ2) is 9.09. The molecule has 1 aromatic heterocycles. The zero-order valence-electron chi connectivity index (χ0n) is 17.1. The van der Waals surface area contributed by atoms with Crippen molar-refractivity contribution in [1.29, 1.82) is 0 Å². The zero-order chi connectivity index (χ0) is 21.1. The summed E-state index contributed by atoms with van der Waals surface area (Å²) >= 11 is 1.10. The van der Waals surface area contributed by atoms with Crippen molar-refractivity contribution >= 4 is 32.9 Å². The number of hydrogen-bond acceptors (Lipinski definition) is 6. The summed E-state index contributed by atoms with van der Waals surface area (Å²) in [7, 11) is -1.03. The van der Waals surface area contributed by atoms with Crippen LogP contribution in [0.2, 0.25) is 0 Å². The molecule has 2 aliphatic rings. The molecule has 1 aliphatic heterocycles. The van der Waals surface area contributed by atoms with Gasteiger partial charge in [0, 0.05) is 55.7 Å². The molecule has 2 fully saturated rings. The van der Waals surface area contributed by atoms with Crippen LogP contribution in [0.5, 0.6) is 0 Å². The maximum absolute atomic E-state index is 13.1. The highest BCUT2D eigenvalue weighted by Gasteiger charge is 2.40. The lowest BCUT2D eigenvalue weighted by Gasteiger charge is -2.41. The number of amides is 2. The molecule has 0 radical (unpaired) electrons. The third kappa shape index (κ3) is 5.35. The molecular weight excluding hydrogens is 414 g/mol. The first-order valence-electron chi connectivity index (χ1n) is 9.99. The minimum absolute atomic E-state index is 0.0221. The van der Waals surface area contributed by atoms with Crippen molar-refractivity contribution in [3.05, 3.63) is 20.7 Å². The van der Waals surface area contributed by atoms with Gasteiger partial charge in [0.05, 0.1) is 21.8 Å². The Balaban J connectivity index is 1.58. The van der Waals surface area contributed by atoms with Gasteiger partial charge < -0.3 is 14.2 Å². The summed E-state index contributed by atoms with van der Waals surface area (Å²) in [5, 5.41) is 1.75. The fourth-order valence-electron chi connectivity index (χ4n) is 3.81. The van der Waals surface area contributed by atoms with Crippen molar-refractivity contribution in [2.24, 2.45) is 4.36 Å². The van der Waals surface area contributed by atoms with Gasteiger partial charge in [-0.05, 0) is 32.6 Å². The van der Waals surface area contributed by atoms with Gasteiger partial charge in [-0.15, -0.1) is 0 Å². The molecule has 2 heterocycles. The van der Waals surface area contributed by atoms with Crippen LogP contribution in [0.1, 0.15) is 44.2 Å². The summed E-state index contributed by atoms with van der Waals surface area (Å²) in [6, 6.07) is 0. The van der Waals surface area contributed by atoms with Gasteiger partial charge in [-0.1, -0.05) is 11.3 Å². The third-order valence-corrected chi connectivity index (χ3v) is 9.05. The molecule has 1 saturated carbocycles. The van der Waals surface area contributed by atoms with Crippen LogP contribution in [-0.2, 0) is 30.6 Å². The Kier molecular flexibility index (Phi) is 6.95. The molecule has 3 rings (SSSR count). The summed E-state index contributed by atoms with van der Waals surface area (Å²) in [5.74, 6) is 0.103. The first kappa shape index (κ1) is 22.2. The van der Waals surface area contributed by atoms with Gasteiger partial charge in [0.1, 0.15) is 0 Å². The van der Waals surface area contributed by atoms with Crippen LogP contribution in [-0.4, -0.2) is 62.8 Å². The third-order valence-electron chi connectivity index (χ3n) is 5.89. The lowest BCUT2D eigenvalue weighted by molar-refractivity contribution is -0.143. The Hall–Kier alpha value is -1.52. The van der Waals surface area contributed by atoms with E-state index in [1.165, 1.54) is 4.57 Å². The van der Waals surface area contributed by atoms with Crippen LogP contribution >= 0.6 is 11.3 Å². The van der Waals surface area contributed by atoms with Gasteiger partial charge in [0.25, 0.3) is 5.91 Å². The van der Waals surface area contributed by atoms with Crippen LogP contribution in [0, 0.1) is 6.92 Å². The molecule has 0 aromatic carbocycles. The summed E-state index contributed by atoms with van der Waals surface area (Å²) in [4.78, 5) is 38.3. The summed E-state index contributed by atoms with van der Waals surface area (Å²) in [6.45, 7) is 2.93. The van der Waals surface area contributed by atoms with Gasteiger partial charge in [-0.3, -0.25) is 14.4 Å². The molecule has 162 valence electrons. The van der Waals surface area contributed by atoms with E-state index >= 15 is 0 Å². The fraction of sp³-hybridized carbons (Fsp3) is 0.737. The molecule has 8 nitrogen and oxygen atoms in total. The van der Waals surface area contributed by atoms with Gasteiger partial charge in [-0.25, -0.2) is 4.21 Å². The van der Waals surface area contributed by atoms with E-state index in [0.29, 0.717) is 31.7 Å². The molecule has 1 saturated heterocycles. The van der Waals surface area contributed by atoms with E-state index in [-0.39, 0.29) is 35.1 Å². The van der Waals surface area contributed by atoms with Gasteiger partial charge in [0.2, 0.25) is 5.91 Å². The van der Waals surface area contributed by atoms with E-state index in [4.69, 9.17) is 4.74 Å². The second-order valence-electron chi connectivity index (χ2n) is 7.86. The number of ether oxygens (including phenoxy) is 1. The molecule has 0 N–H and O–H groups in total. The number of hydrogen-bond donors (Lipinski definition) is 0. The van der Waals surface area contributed by atoms with E-state index in [1.54, 1.807) is 17.4 Å². The van der Waals surface area contributed by atoms with Crippen LogP contribution in [0.4, 0.5) is 0 Å². The SMILES string of the molecule is COC1(CC(=O)N2CCCS(=O)(=NC(=O)CCn3c(C)csc3=O)CC2)CCC1. The van der Waals surface area contributed by atoms with E-state index in [2.05, 4.69) is 4.36 Å². The minimum Gasteiger partial charge on any atom is -0.378 e.